The highest BCUT2D eigenvalue weighted by atomic mass is 35.5. The third-order valence-electron chi connectivity index (χ3n) is 2.18. The molecule has 2 aromatic rings. The monoisotopic (exact) mass is 237 g/mol. The third-order valence-corrected chi connectivity index (χ3v) is 2.42. The summed E-state index contributed by atoms with van der Waals surface area (Å²) in [6, 6.07) is 5.07. The second-order valence-corrected chi connectivity index (χ2v) is 4.35. The fourth-order valence-electron chi connectivity index (χ4n) is 1.54. The number of H-pyrrole nitrogens is 1. The second kappa shape index (κ2) is 4.23. The number of hydrogen-bond donors (Lipinski definition) is 1. The van der Waals surface area contributed by atoms with E-state index in [2.05, 4.69) is 9.97 Å². The molecule has 0 atom stereocenters. The second-order valence-electron chi connectivity index (χ2n) is 3.91. The molecule has 1 aromatic carbocycles. The quantitative estimate of drug-likeness (QED) is 0.864. The zero-order chi connectivity index (χ0) is 11.7. The van der Waals surface area contributed by atoms with Crippen molar-refractivity contribution >= 4 is 22.5 Å². The number of benzene rings is 1. The lowest BCUT2D eigenvalue weighted by atomic mass is 10.2. The Morgan fingerprint density at radius 2 is 2.19 bits per heavy atom. The average Bonchev–Trinajstić information content (AvgIpc) is 2.15. The minimum atomic E-state index is -0.126. The van der Waals surface area contributed by atoms with E-state index in [9.17, 15) is 4.79 Å². The molecule has 0 aliphatic carbocycles. The van der Waals surface area contributed by atoms with Crippen molar-refractivity contribution in [2.45, 2.75) is 6.54 Å². The van der Waals surface area contributed by atoms with Gasteiger partial charge in [-0.05, 0) is 32.3 Å². The molecule has 0 saturated carbocycles. The largest absolute Gasteiger partial charge is 0.309 e. The smallest absolute Gasteiger partial charge is 0.258 e. The van der Waals surface area contributed by atoms with Gasteiger partial charge in [-0.25, -0.2) is 4.98 Å². The van der Waals surface area contributed by atoms with Crippen LogP contribution in [0.5, 0.6) is 0 Å². The Morgan fingerprint density at radius 1 is 1.44 bits per heavy atom. The van der Waals surface area contributed by atoms with Crippen molar-refractivity contribution in [1.82, 2.24) is 14.9 Å². The topological polar surface area (TPSA) is 49.0 Å². The number of fused-ring (bicyclic) bond motifs is 1. The Balaban J connectivity index is 2.61. The van der Waals surface area contributed by atoms with Crippen molar-refractivity contribution in [1.29, 1.82) is 0 Å². The molecule has 0 radical (unpaired) electrons. The number of halogens is 1. The molecule has 1 N–H and O–H groups in total. The van der Waals surface area contributed by atoms with Gasteiger partial charge in [-0.3, -0.25) is 4.79 Å². The molecule has 1 heterocycles. The first kappa shape index (κ1) is 11.1. The van der Waals surface area contributed by atoms with Gasteiger partial charge in [-0.15, -0.1) is 0 Å². The summed E-state index contributed by atoms with van der Waals surface area (Å²) in [6.45, 7) is 0.595. The molecule has 0 bridgehead atoms. The molecular weight excluding hydrogens is 226 g/mol. The number of hydrogen-bond acceptors (Lipinski definition) is 3. The lowest BCUT2D eigenvalue weighted by molar-refractivity contribution is 0.390. The number of nitrogens with zero attached hydrogens (tertiary/aromatic N) is 2. The van der Waals surface area contributed by atoms with E-state index < -0.39 is 0 Å². The molecule has 0 amide bonds. The van der Waals surface area contributed by atoms with Crippen LogP contribution < -0.4 is 5.56 Å². The maximum Gasteiger partial charge on any atom is 0.258 e. The molecular formula is C11H12ClN3O. The van der Waals surface area contributed by atoms with Crippen molar-refractivity contribution in [3.8, 4) is 0 Å². The van der Waals surface area contributed by atoms with Crippen LogP contribution >= 0.6 is 11.6 Å². The molecule has 1 aromatic heterocycles. The van der Waals surface area contributed by atoms with E-state index in [1.807, 2.05) is 19.0 Å². The zero-order valence-corrected chi connectivity index (χ0v) is 9.88. The summed E-state index contributed by atoms with van der Waals surface area (Å²) in [5.41, 5.74) is 0.506. The molecule has 2 rings (SSSR count). The first-order chi connectivity index (χ1) is 7.56. The lowest BCUT2D eigenvalue weighted by Crippen LogP contribution is -2.18. The van der Waals surface area contributed by atoms with Crippen molar-refractivity contribution in [3.05, 3.63) is 39.4 Å². The van der Waals surface area contributed by atoms with Crippen LogP contribution in [0.3, 0.4) is 0 Å². The van der Waals surface area contributed by atoms with Crippen LogP contribution in [-0.4, -0.2) is 29.0 Å². The lowest BCUT2D eigenvalue weighted by Gasteiger charge is -2.08. The Morgan fingerprint density at radius 3 is 2.88 bits per heavy atom. The molecule has 0 unspecified atom stereocenters. The molecule has 0 fully saturated rings. The van der Waals surface area contributed by atoms with Crippen LogP contribution in [0.25, 0.3) is 10.9 Å². The summed E-state index contributed by atoms with van der Waals surface area (Å²) in [5, 5.41) is 1.15. The Hall–Kier alpha value is -1.39. The standard InChI is InChI=1S/C11H12ClN3O/c1-15(2)6-10-13-9-5-7(12)3-4-8(9)11(16)14-10/h3-5H,6H2,1-2H3,(H,13,14,16). The number of aromatic amines is 1. The van der Waals surface area contributed by atoms with Crippen LogP contribution in [0.1, 0.15) is 5.82 Å². The maximum atomic E-state index is 11.7. The van der Waals surface area contributed by atoms with Crippen LogP contribution in [-0.2, 0) is 6.54 Å². The summed E-state index contributed by atoms with van der Waals surface area (Å²) < 4.78 is 0. The SMILES string of the molecule is CN(C)Cc1nc2cc(Cl)ccc2c(=O)[nH]1. The van der Waals surface area contributed by atoms with Gasteiger partial charge in [0.25, 0.3) is 5.56 Å². The van der Waals surface area contributed by atoms with E-state index in [1.165, 1.54) is 0 Å². The first-order valence-electron chi connectivity index (χ1n) is 4.89. The molecule has 84 valence electrons. The number of rotatable bonds is 2. The highest BCUT2D eigenvalue weighted by Gasteiger charge is 2.04. The predicted molar refractivity (Wildman–Crippen MR) is 64.8 cm³/mol. The van der Waals surface area contributed by atoms with Gasteiger partial charge in [-0.1, -0.05) is 11.6 Å². The molecule has 16 heavy (non-hydrogen) atoms. The number of nitrogens with one attached hydrogen (secondary N) is 1. The fraction of sp³-hybridized carbons (Fsp3) is 0.273. The van der Waals surface area contributed by atoms with E-state index in [0.717, 1.165) is 0 Å². The molecule has 0 saturated heterocycles. The molecule has 4 nitrogen and oxygen atoms in total. The van der Waals surface area contributed by atoms with Gasteiger partial charge in [0.1, 0.15) is 5.82 Å². The van der Waals surface area contributed by atoms with Crippen molar-refractivity contribution in [2.75, 3.05) is 14.1 Å². The normalized spacial score (nSPS) is 11.2. The molecule has 0 spiro atoms. The summed E-state index contributed by atoms with van der Waals surface area (Å²) in [5.74, 6) is 0.643. The van der Waals surface area contributed by atoms with Gasteiger partial charge in [-0.2, -0.15) is 0 Å². The first-order valence-corrected chi connectivity index (χ1v) is 5.27. The van der Waals surface area contributed by atoms with Crippen molar-refractivity contribution < 1.29 is 0 Å². The van der Waals surface area contributed by atoms with Crippen molar-refractivity contribution in [2.24, 2.45) is 0 Å². The highest BCUT2D eigenvalue weighted by Crippen LogP contribution is 2.14. The maximum absolute atomic E-state index is 11.7. The summed E-state index contributed by atoms with van der Waals surface area (Å²) in [6.07, 6.45) is 0. The minimum Gasteiger partial charge on any atom is -0.309 e. The number of aromatic nitrogens is 2. The van der Waals surface area contributed by atoms with E-state index in [4.69, 9.17) is 11.6 Å². The Kier molecular flexibility index (Phi) is 2.94. The molecule has 5 heteroatoms. The van der Waals surface area contributed by atoms with Gasteiger partial charge < -0.3 is 9.88 Å². The van der Waals surface area contributed by atoms with Crippen LogP contribution in [0.15, 0.2) is 23.0 Å². The summed E-state index contributed by atoms with van der Waals surface area (Å²) in [4.78, 5) is 20.8. The van der Waals surface area contributed by atoms with E-state index >= 15 is 0 Å². The molecule has 0 aliphatic rings. The Labute approximate surface area is 97.9 Å². The van der Waals surface area contributed by atoms with Crippen LogP contribution in [0, 0.1) is 0 Å². The van der Waals surface area contributed by atoms with Gasteiger partial charge in [0.2, 0.25) is 0 Å². The highest BCUT2D eigenvalue weighted by molar-refractivity contribution is 6.31. The van der Waals surface area contributed by atoms with Gasteiger partial charge in [0, 0.05) is 5.02 Å². The van der Waals surface area contributed by atoms with Crippen molar-refractivity contribution in [3.63, 3.8) is 0 Å². The van der Waals surface area contributed by atoms with E-state index in [-0.39, 0.29) is 5.56 Å². The predicted octanol–water partition coefficient (Wildman–Crippen LogP) is 1.64. The van der Waals surface area contributed by atoms with Gasteiger partial charge in [0.05, 0.1) is 17.4 Å². The van der Waals surface area contributed by atoms with Gasteiger partial charge >= 0.3 is 0 Å². The van der Waals surface area contributed by atoms with Crippen LogP contribution in [0.2, 0.25) is 5.02 Å². The summed E-state index contributed by atoms with van der Waals surface area (Å²) >= 11 is 5.87. The molecule has 0 aliphatic heterocycles. The zero-order valence-electron chi connectivity index (χ0n) is 9.12. The van der Waals surface area contributed by atoms with E-state index in [1.54, 1.807) is 18.2 Å². The summed E-state index contributed by atoms with van der Waals surface area (Å²) in [7, 11) is 3.84. The van der Waals surface area contributed by atoms with Crippen LogP contribution in [0.4, 0.5) is 0 Å². The third kappa shape index (κ3) is 2.23. The average molecular weight is 238 g/mol. The van der Waals surface area contributed by atoms with E-state index in [0.29, 0.717) is 28.3 Å². The minimum absolute atomic E-state index is 0.126. The van der Waals surface area contributed by atoms with Gasteiger partial charge in [0.15, 0.2) is 0 Å². The fourth-order valence-corrected chi connectivity index (χ4v) is 1.70. The Bertz CT molecular complexity index is 577.